The number of rotatable bonds is 2. The van der Waals surface area contributed by atoms with E-state index in [1.54, 1.807) is 7.11 Å². The van der Waals surface area contributed by atoms with E-state index in [4.69, 9.17) is 4.74 Å². The first-order valence-corrected chi connectivity index (χ1v) is 3.30. The lowest BCUT2D eigenvalue weighted by atomic mass is 10.2. The van der Waals surface area contributed by atoms with E-state index < -0.39 is 0 Å². The van der Waals surface area contributed by atoms with Gasteiger partial charge in [0.05, 0.1) is 7.11 Å². The van der Waals surface area contributed by atoms with E-state index in [0.29, 0.717) is 0 Å². The summed E-state index contributed by atoms with van der Waals surface area (Å²) in [6.45, 7) is 2.01. The van der Waals surface area contributed by atoms with Crippen molar-refractivity contribution in [2.45, 2.75) is 6.92 Å². The zero-order valence-corrected chi connectivity index (χ0v) is 6.29. The molecular formula is C9H11O. The summed E-state index contributed by atoms with van der Waals surface area (Å²) in [6, 6.07) is 7.96. The summed E-state index contributed by atoms with van der Waals surface area (Å²) >= 11 is 0. The van der Waals surface area contributed by atoms with E-state index >= 15 is 0 Å². The van der Waals surface area contributed by atoms with Crippen LogP contribution in [0, 0.1) is 6.42 Å². The summed E-state index contributed by atoms with van der Waals surface area (Å²) in [5.41, 5.74) is 1.19. The Morgan fingerprint density at radius 2 is 2.20 bits per heavy atom. The maximum atomic E-state index is 5.04. The fourth-order valence-electron chi connectivity index (χ4n) is 0.821. The standard InChI is InChI=1S/C9H11O/c1-3-8-5-4-6-9(7-8)10-2/h3-7H,1-2H3. The van der Waals surface area contributed by atoms with Crippen LogP contribution in [0.2, 0.25) is 0 Å². The predicted molar refractivity (Wildman–Crippen MR) is 42.1 cm³/mol. The fourth-order valence-corrected chi connectivity index (χ4v) is 0.821. The summed E-state index contributed by atoms with van der Waals surface area (Å²) in [6.07, 6.45) is 2.04. The molecule has 1 nitrogen and oxygen atoms in total. The molecule has 1 heteroatoms. The molecule has 0 unspecified atom stereocenters. The maximum absolute atomic E-state index is 5.04. The molecule has 0 heterocycles. The Kier molecular flexibility index (Phi) is 2.32. The van der Waals surface area contributed by atoms with E-state index in [-0.39, 0.29) is 0 Å². The fraction of sp³-hybridized carbons (Fsp3) is 0.222. The molecule has 0 aliphatic carbocycles. The van der Waals surface area contributed by atoms with Crippen LogP contribution in [0.1, 0.15) is 12.5 Å². The Morgan fingerprint density at radius 3 is 2.80 bits per heavy atom. The van der Waals surface area contributed by atoms with Gasteiger partial charge in [-0.3, -0.25) is 0 Å². The Balaban J connectivity index is 2.87. The molecule has 0 bridgehead atoms. The molecule has 0 atom stereocenters. The largest absolute Gasteiger partial charge is 0.497 e. The maximum Gasteiger partial charge on any atom is 0.119 e. The van der Waals surface area contributed by atoms with Crippen LogP contribution in [-0.2, 0) is 0 Å². The van der Waals surface area contributed by atoms with E-state index in [1.807, 2.05) is 37.6 Å². The van der Waals surface area contributed by atoms with Crippen LogP contribution in [0.15, 0.2) is 24.3 Å². The Hall–Kier alpha value is -0.980. The van der Waals surface area contributed by atoms with Crippen molar-refractivity contribution in [1.29, 1.82) is 0 Å². The number of ether oxygens (including phenoxy) is 1. The Labute approximate surface area is 61.6 Å². The van der Waals surface area contributed by atoms with Gasteiger partial charge in [0.25, 0.3) is 0 Å². The van der Waals surface area contributed by atoms with Crippen LogP contribution < -0.4 is 4.74 Å². The highest BCUT2D eigenvalue weighted by atomic mass is 16.5. The van der Waals surface area contributed by atoms with E-state index in [0.717, 1.165) is 5.75 Å². The second kappa shape index (κ2) is 3.25. The second-order valence-electron chi connectivity index (χ2n) is 2.07. The molecular weight excluding hydrogens is 124 g/mol. The van der Waals surface area contributed by atoms with Crippen molar-refractivity contribution in [2.24, 2.45) is 0 Å². The van der Waals surface area contributed by atoms with Crippen LogP contribution >= 0.6 is 0 Å². The number of hydrogen-bond donors (Lipinski definition) is 0. The molecule has 0 N–H and O–H groups in total. The van der Waals surface area contributed by atoms with Gasteiger partial charge in [0.2, 0.25) is 0 Å². The van der Waals surface area contributed by atoms with Crippen LogP contribution in [-0.4, -0.2) is 7.11 Å². The molecule has 1 aromatic carbocycles. The molecule has 0 spiro atoms. The summed E-state index contributed by atoms with van der Waals surface area (Å²) in [5.74, 6) is 0.913. The number of methoxy groups -OCH3 is 1. The van der Waals surface area contributed by atoms with Crippen LogP contribution in [0.5, 0.6) is 5.75 Å². The lowest BCUT2D eigenvalue weighted by molar-refractivity contribution is 0.414. The van der Waals surface area contributed by atoms with Crippen molar-refractivity contribution in [2.75, 3.05) is 7.11 Å². The van der Waals surface area contributed by atoms with E-state index in [1.165, 1.54) is 5.56 Å². The third-order valence-corrected chi connectivity index (χ3v) is 1.43. The van der Waals surface area contributed by atoms with Crippen LogP contribution in [0.4, 0.5) is 0 Å². The van der Waals surface area contributed by atoms with Crippen molar-refractivity contribution in [3.63, 3.8) is 0 Å². The molecule has 0 aromatic heterocycles. The first kappa shape index (κ1) is 7.13. The highest BCUT2D eigenvalue weighted by Gasteiger charge is 1.90. The summed E-state index contributed by atoms with van der Waals surface area (Å²) in [7, 11) is 1.68. The molecule has 0 saturated carbocycles. The van der Waals surface area contributed by atoms with Crippen molar-refractivity contribution in [3.8, 4) is 5.75 Å². The quantitative estimate of drug-likeness (QED) is 0.604. The summed E-state index contributed by atoms with van der Waals surface area (Å²) < 4.78 is 5.04. The van der Waals surface area contributed by atoms with Gasteiger partial charge < -0.3 is 4.74 Å². The molecule has 0 saturated heterocycles. The minimum Gasteiger partial charge on any atom is -0.497 e. The van der Waals surface area contributed by atoms with Gasteiger partial charge in [0.15, 0.2) is 0 Å². The molecule has 0 fully saturated rings. The predicted octanol–water partition coefficient (Wildman–Crippen LogP) is 2.27. The SMILES string of the molecule is C[CH]c1cccc(OC)c1. The normalized spacial score (nSPS) is 9.40. The highest BCUT2D eigenvalue weighted by molar-refractivity contribution is 5.31. The summed E-state index contributed by atoms with van der Waals surface area (Å²) in [5, 5.41) is 0. The van der Waals surface area contributed by atoms with Crippen molar-refractivity contribution in [1.82, 2.24) is 0 Å². The smallest absolute Gasteiger partial charge is 0.119 e. The Morgan fingerprint density at radius 1 is 1.40 bits per heavy atom. The molecule has 0 amide bonds. The number of benzene rings is 1. The van der Waals surface area contributed by atoms with E-state index in [2.05, 4.69) is 0 Å². The Bertz CT molecular complexity index is 186. The average Bonchev–Trinajstić information content (AvgIpc) is 2.05. The molecule has 0 aliphatic rings. The lowest BCUT2D eigenvalue weighted by Gasteiger charge is -2.00. The van der Waals surface area contributed by atoms with Gasteiger partial charge >= 0.3 is 0 Å². The number of hydrogen-bond acceptors (Lipinski definition) is 1. The minimum absolute atomic E-state index is 0.913. The third-order valence-electron chi connectivity index (χ3n) is 1.43. The van der Waals surface area contributed by atoms with Crippen molar-refractivity contribution in [3.05, 3.63) is 36.2 Å². The zero-order chi connectivity index (χ0) is 7.40. The topological polar surface area (TPSA) is 9.23 Å². The minimum atomic E-state index is 0.913. The van der Waals surface area contributed by atoms with E-state index in [9.17, 15) is 0 Å². The van der Waals surface area contributed by atoms with Gasteiger partial charge in [0, 0.05) is 0 Å². The van der Waals surface area contributed by atoms with Gasteiger partial charge in [-0.25, -0.2) is 0 Å². The van der Waals surface area contributed by atoms with Crippen molar-refractivity contribution < 1.29 is 4.74 Å². The van der Waals surface area contributed by atoms with Crippen molar-refractivity contribution >= 4 is 0 Å². The monoisotopic (exact) mass is 135 g/mol. The first-order valence-electron chi connectivity index (χ1n) is 3.30. The van der Waals surface area contributed by atoms with Gasteiger partial charge in [0.1, 0.15) is 5.75 Å². The van der Waals surface area contributed by atoms with Gasteiger partial charge in [-0.2, -0.15) is 0 Å². The molecule has 0 aliphatic heterocycles. The molecule has 1 aromatic rings. The average molecular weight is 135 g/mol. The zero-order valence-electron chi connectivity index (χ0n) is 6.29. The van der Waals surface area contributed by atoms with Gasteiger partial charge in [-0.05, 0) is 24.1 Å². The first-order chi connectivity index (χ1) is 4.86. The van der Waals surface area contributed by atoms with Gasteiger partial charge in [-0.15, -0.1) is 0 Å². The van der Waals surface area contributed by atoms with Crippen LogP contribution in [0.25, 0.3) is 0 Å². The lowest BCUT2D eigenvalue weighted by Crippen LogP contribution is -1.83. The second-order valence-corrected chi connectivity index (χ2v) is 2.07. The molecule has 1 rings (SSSR count). The van der Waals surface area contributed by atoms with Crippen LogP contribution in [0.3, 0.4) is 0 Å². The third kappa shape index (κ3) is 1.50. The summed E-state index contributed by atoms with van der Waals surface area (Å²) in [4.78, 5) is 0. The molecule has 1 radical (unpaired) electrons. The molecule has 10 heavy (non-hydrogen) atoms. The highest BCUT2D eigenvalue weighted by Crippen LogP contribution is 2.12. The molecule has 53 valence electrons. The van der Waals surface area contributed by atoms with Gasteiger partial charge in [-0.1, -0.05) is 19.1 Å².